The Labute approximate surface area is 126 Å². The van der Waals surface area contributed by atoms with Crippen molar-refractivity contribution in [2.45, 2.75) is 50.6 Å². The highest BCUT2D eigenvalue weighted by molar-refractivity contribution is 9.11. The standard InChI is InChI=1S/C14H20BrNO2S/c1-18-14(17)13(11-8-9-12(15)19-11)16-10-6-4-2-3-5-7-10/h8-10,13,16H,2-7H2,1H3. The normalized spacial score (nSPS) is 18.8. The zero-order chi connectivity index (χ0) is 13.7. The van der Waals surface area contributed by atoms with Gasteiger partial charge in [0, 0.05) is 10.9 Å². The van der Waals surface area contributed by atoms with Gasteiger partial charge in [-0.05, 0) is 40.9 Å². The summed E-state index contributed by atoms with van der Waals surface area (Å²) in [5.41, 5.74) is 0. The molecular formula is C14H20BrNO2S. The van der Waals surface area contributed by atoms with Crippen molar-refractivity contribution in [1.29, 1.82) is 0 Å². The Kier molecular flexibility index (Phi) is 5.85. The summed E-state index contributed by atoms with van der Waals surface area (Å²) in [4.78, 5) is 13.0. The first-order valence-corrected chi connectivity index (χ1v) is 8.41. The van der Waals surface area contributed by atoms with Crippen LogP contribution in [0.15, 0.2) is 15.9 Å². The van der Waals surface area contributed by atoms with E-state index in [2.05, 4.69) is 21.2 Å². The molecule has 0 spiro atoms. The van der Waals surface area contributed by atoms with E-state index in [9.17, 15) is 4.79 Å². The van der Waals surface area contributed by atoms with Gasteiger partial charge < -0.3 is 4.74 Å². The maximum atomic E-state index is 12.0. The molecule has 1 aliphatic carbocycles. The summed E-state index contributed by atoms with van der Waals surface area (Å²) in [5.74, 6) is -0.196. The Morgan fingerprint density at radius 3 is 2.58 bits per heavy atom. The van der Waals surface area contributed by atoms with E-state index in [4.69, 9.17) is 4.74 Å². The molecule has 2 rings (SSSR count). The lowest BCUT2D eigenvalue weighted by atomic mass is 10.1. The molecule has 1 aromatic heterocycles. The molecule has 0 aliphatic heterocycles. The summed E-state index contributed by atoms with van der Waals surface area (Å²) < 4.78 is 5.98. The number of hydrogen-bond donors (Lipinski definition) is 1. The van der Waals surface area contributed by atoms with Gasteiger partial charge in [-0.2, -0.15) is 0 Å². The molecule has 1 saturated carbocycles. The number of halogens is 1. The predicted octanol–water partition coefficient (Wildman–Crippen LogP) is 4.04. The number of ether oxygens (including phenoxy) is 1. The van der Waals surface area contributed by atoms with Gasteiger partial charge in [0.15, 0.2) is 0 Å². The van der Waals surface area contributed by atoms with Crippen molar-refractivity contribution >= 4 is 33.2 Å². The van der Waals surface area contributed by atoms with E-state index in [1.165, 1.54) is 32.8 Å². The molecule has 5 heteroatoms. The van der Waals surface area contributed by atoms with Crippen molar-refractivity contribution < 1.29 is 9.53 Å². The molecule has 1 fully saturated rings. The molecule has 1 atom stereocenters. The van der Waals surface area contributed by atoms with Crippen molar-refractivity contribution in [3.8, 4) is 0 Å². The topological polar surface area (TPSA) is 38.3 Å². The van der Waals surface area contributed by atoms with E-state index in [1.54, 1.807) is 11.3 Å². The lowest BCUT2D eigenvalue weighted by Crippen LogP contribution is -2.37. The van der Waals surface area contributed by atoms with Gasteiger partial charge in [-0.3, -0.25) is 5.32 Å². The fraction of sp³-hybridized carbons (Fsp3) is 0.643. The number of thiophene rings is 1. The van der Waals surface area contributed by atoms with Crippen molar-refractivity contribution in [2.24, 2.45) is 0 Å². The Hall–Kier alpha value is -0.390. The van der Waals surface area contributed by atoms with Crippen LogP contribution in [0.5, 0.6) is 0 Å². The number of hydrogen-bond acceptors (Lipinski definition) is 4. The fourth-order valence-electron chi connectivity index (χ4n) is 2.55. The highest BCUT2D eigenvalue weighted by Crippen LogP contribution is 2.29. The Morgan fingerprint density at radius 1 is 1.37 bits per heavy atom. The average molecular weight is 346 g/mol. The summed E-state index contributed by atoms with van der Waals surface area (Å²) in [7, 11) is 1.45. The first kappa shape index (κ1) is 15.0. The van der Waals surface area contributed by atoms with Crippen molar-refractivity contribution in [3.63, 3.8) is 0 Å². The van der Waals surface area contributed by atoms with Crippen molar-refractivity contribution in [3.05, 3.63) is 20.8 Å². The molecule has 0 amide bonds. The third-order valence-electron chi connectivity index (χ3n) is 3.57. The first-order chi connectivity index (χ1) is 9.20. The molecular weight excluding hydrogens is 326 g/mol. The summed E-state index contributed by atoms with van der Waals surface area (Å²) in [6.07, 6.45) is 7.43. The number of carbonyl (C=O) groups is 1. The largest absolute Gasteiger partial charge is 0.468 e. The van der Waals surface area contributed by atoms with Crippen LogP contribution in [0.25, 0.3) is 0 Å². The molecule has 3 nitrogen and oxygen atoms in total. The second-order valence-electron chi connectivity index (χ2n) is 4.95. The van der Waals surface area contributed by atoms with Gasteiger partial charge in [0.2, 0.25) is 0 Å². The second-order valence-corrected chi connectivity index (χ2v) is 7.45. The molecule has 0 bridgehead atoms. The van der Waals surface area contributed by atoms with Crippen LogP contribution < -0.4 is 5.32 Å². The Morgan fingerprint density at radius 2 is 2.05 bits per heavy atom. The van der Waals surface area contributed by atoms with Crippen molar-refractivity contribution in [1.82, 2.24) is 5.32 Å². The lowest BCUT2D eigenvalue weighted by molar-refractivity contribution is -0.143. The zero-order valence-corrected chi connectivity index (χ0v) is 13.6. The smallest absolute Gasteiger partial charge is 0.328 e. The van der Waals surface area contributed by atoms with Crippen LogP contribution in [-0.4, -0.2) is 19.1 Å². The molecule has 106 valence electrons. The monoisotopic (exact) mass is 345 g/mol. The van der Waals surface area contributed by atoms with E-state index >= 15 is 0 Å². The number of esters is 1. The number of nitrogens with one attached hydrogen (secondary N) is 1. The summed E-state index contributed by atoms with van der Waals surface area (Å²) in [6.45, 7) is 0. The molecule has 0 radical (unpaired) electrons. The number of rotatable bonds is 4. The van der Waals surface area contributed by atoms with Gasteiger partial charge in [-0.15, -0.1) is 11.3 Å². The molecule has 1 N–H and O–H groups in total. The highest BCUT2D eigenvalue weighted by Gasteiger charge is 2.26. The first-order valence-electron chi connectivity index (χ1n) is 6.80. The maximum Gasteiger partial charge on any atom is 0.328 e. The minimum Gasteiger partial charge on any atom is -0.468 e. The van der Waals surface area contributed by atoms with Gasteiger partial charge in [0.05, 0.1) is 10.9 Å². The molecule has 1 heterocycles. The summed E-state index contributed by atoms with van der Waals surface area (Å²) in [5, 5.41) is 3.49. The highest BCUT2D eigenvalue weighted by atomic mass is 79.9. The molecule has 19 heavy (non-hydrogen) atoms. The summed E-state index contributed by atoms with van der Waals surface area (Å²) >= 11 is 5.03. The molecule has 0 saturated heterocycles. The Balaban J connectivity index is 2.07. The Bertz CT molecular complexity index is 413. The predicted molar refractivity (Wildman–Crippen MR) is 81.4 cm³/mol. The van der Waals surface area contributed by atoms with E-state index in [0.29, 0.717) is 6.04 Å². The van der Waals surface area contributed by atoms with Gasteiger partial charge in [-0.25, -0.2) is 4.79 Å². The van der Waals surface area contributed by atoms with Crippen LogP contribution in [-0.2, 0) is 9.53 Å². The molecule has 1 unspecified atom stereocenters. The van der Waals surface area contributed by atoms with E-state index in [0.717, 1.165) is 21.5 Å². The fourth-order valence-corrected chi connectivity index (χ4v) is 4.02. The van der Waals surface area contributed by atoms with Crippen LogP contribution in [0, 0.1) is 0 Å². The minimum atomic E-state index is -0.329. The van der Waals surface area contributed by atoms with Crippen LogP contribution in [0.4, 0.5) is 0 Å². The number of carbonyl (C=O) groups excluding carboxylic acids is 1. The molecule has 1 aliphatic rings. The molecule has 1 aromatic rings. The van der Waals surface area contributed by atoms with Gasteiger partial charge in [0.1, 0.15) is 6.04 Å². The third-order valence-corrected chi connectivity index (χ3v) is 5.26. The summed E-state index contributed by atoms with van der Waals surface area (Å²) in [6, 6.07) is 4.06. The zero-order valence-electron chi connectivity index (χ0n) is 11.2. The van der Waals surface area contributed by atoms with Gasteiger partial charge in [0.25, 0.3) is 0 Å². The quantitative estimate of drug-likeness (QED) is 0.661. The lowest BCUT2D eigenvalue weighted by Gasteiger charge is -2.22. The third kappa shape index (κ3) is 4.29. The van der Waals surface area contributed by atoms with Crippen LogP contribution in [0.3, 0.4) is 0 Å². The van der Waals surface area contributed by atoms with Gasteiger partial charge >= 0.3 is 5.97 Å². The van der Waals surface area contributed by atoms with E-state index < -0.39 is 0 Å². The van der Waals surface area contributed by atoms with Gasteiger partial charge in [-0.1, -0.05) is 25.7 Å². The maximum absolute atomic E-state index is 12.0. The van der Waals surface area contributed by atoms with E-state index in [1.807, 2.05) is 12.1 Å². The van der Waals surface area contributed by atoms with E-state index in [-0.39, 0.29) is 12.0 Å². The minimum absolute atomic E-state index is 0.196. The second kappa shape index (κ2) is 7.41. The van der Waals surface area contributed by atoms with Crippen LogP contribution in [0.2, 0.25) is 0 Å². The van der Waals surface area contributed by atoms with Crippen LogP contribution in [0.1, 0.15) is 49.4 Å². The van der Waals surface area contributed by atoms with Crippen LogP contribution >= 0.6 is 27.3 Å². The SMILES string of the molecule is COC(=O)C(NC1CCCCCC1)c1ccc(Br)s1. The molecule has 0 aromatic carbocycles. The van der Waals surface area contributed by atoms with Crippen molar-refractivity contribution in [2.75, 3.05) is 7.11 Å². The average Bonchev–Trinajstić information content (AvgIpc) is 2.68. The number of methoxy groups -OCH3 is 1.